The summed E-state index contributed by atoms with van der Waals surface area (Å²) >= 11 is 0. The molecule has 1 heterocycles. The second-order valence-corrected chi connectivity index (χ2v) is 6.22. The van der Waals surface area contributed by atoms with Crippen LogP contribution in [0.15, 0.2) is 78.9 Å². The molecule has 3 aromatic rings. The fourth-order valence-electron chi connectivity index (χ4n) is 2.91. The normalized spacial score (nSPS) is 12.7. The first-order valence-corrected chi connectivity index (χ1v) is 8.84. The van der Waals surface area contributed by atoms with Crippen LogP contribution in [-0.2, 0) is 9.59 Å². The van der Waals surface area contributed by atoms with Crippen LogP contribution in [0.25, 0.3) is 0 Å². The van der Waals surface area contributed by atoms with E-state index in [1.54, 1.807) is 36.4 Å². The van der Waals surface area contributed by atoms with E-state index in [-0.39, 0.29) is 25.0 Å². The average molecular weight is 374 g/mol. The molecule has 2 amide bonds. The number of carbonyl (C=O) groups is 2. The summed E-state index contributed by atoms with van der Waals surface area (Å²) in [4.78, 5) is 25.9. The Labute approximate surface area is 162 Å². The lowest BCUT2D eigenvalue weighted by atomic mass is 10.2. The molecule has 140 valence electrons. The maximum absolute atomic E-state index is 12.6. The summed E-state index contributed by atoms with van der Waals surface area (Å²) in [7, 11) is 0. The highest BCUT2D eigenvalue weighted by atomic mass is 16.5. The molecule has 1 aliphatic heterocycles. The molecule has 0 radical (unpaired) electrons. The van der Waals surface area contributed by atoms with E-state index < -0.39 is 0 Å². The molecule has 28 heavy (non-hydrogen) atoms. The summed E-state index contributed by atoms with van der Waals surface area (Å²) in [6.45, 7) is -0.191. The number of anilines is 2. The second-order valence-electron chi connectivity index (χ2n) is 6.22. The van der Waals surface area contributed by atoms with E-state index in [0.29, 0.717) is 22.9 Å². The molecule has 0 saturated heterocycles. The van der Waals surface area contributed by atoms with Gasteiger partial charge in [-0.05, 0) is 48.5 Å². The van der Waals surface area contributed by atoms with Crippen LogP contribution in [-0.4, -0.2) is 25.0 Å². The summed E-state index contributed by atoms with van der Waals surface area (Å²) in [6, 6.07) is 23.7. The van der Waals surface area contributed by atoms with Crippen molar-refractivity contribution in [2.75, 3.05) is 23.4 Å². The van der Waals surface area contributed by atoms with Crippen molar-refractivity contribution in [3.63, 3.8) is 0 Å². The molecule has 0 fully saturated rings. The minimum Gasteiger partial charge on any atom is -0.484 e. The van der Waals surface area contributed by atoms with E-state index in [2.05, 4.69) is 5.32 Å². The summed E-state index contributed by atoms with van der Waals surface area (Å²) in [5.74, 6) is 1.45. The number of nitrogens with zero attached hydrogens (tertiary/aromatic N) is 1. The molecular formula is C22H18N2O4. The summed E-state index contributed by atoms with van der Waals surface area (Å²) in [5, 5.41) is 2.76. The highest BCUT2D eigenvalue weighted by Gasteiger charge is 2.26. The number of rotatable bonds is 5. The maximum atomic E-state index is 12.6. The van der Waals surface area contributed by atoms with Gasteiger partial charge in [0.05, 0.1) is 11.4 Å². The van der Waals surface area contributed by atoms with Crippen molar-refractivity contribution < 1.29 is 19.1 Å². The van der Waals surface area contributed by atoms with E-state index >= 15 is 0 Å². The Hall–Kier alpha value is -3.80. The minimum atomic E-state index is -0.285. The van der Waals surface area contributed by atoms with Crippen molar-refractivity contribution in [1.82, 2.24) is 0 Å². The molecule has 6 nitrogen and oxygen atoms in total. The largest absolute Gasteiger partial charge is 0.484 e. The van der Waals surface area contributed by atoms with Crippen LogP contribution >= 0.6 is 0 Å². The molecule has 0 bridgehead atoms. The van der Waals surface area contributed by atoms with E-state index in [0.717, 1.165) is 5.75 Å². The molecule has 0 saturated carbocycles. The van der Waals surface area contributed by atoms with Gasteiger partial charge in [-0.15, -0.1) is 0 Å². The number of amides is 2. The third kappa shape index (κ3) is 3.96. The highest BCUT2D eigenvalue weighted by Crippen LogP contribution is 2.29. The lowest BCUT2D eigenvalue weighted by Crippen LogP contribution is -2.44. The zero-order valence-electron chi connectivity index (χ0n) is 15.0. The molecule has 0 atom stereocenters. The van der Waals surface area contributed by atoms with Gasteiger partial charge < -0.3 is 14.8 Å². The number of hydrogen-bond acceptors (Lipinski definition) is 4. The van der Waals surface area contributed by atoms with Crippen LogP contribution in [0, 0.1) is 0 Å². The van der Waals surface area contributed by atoms with Gasteiger partial charge in [-0.3, -0.25) is 14.5 Å². The van der Waals surface area contributed by atoms with E-state index in [1.165, 1.54) is 4.90 Å². The maximum Gasteiger partial charge on any atom is 0.265 e. The molecule has 6 heteroatoms. The van der Waals surface area contributed by atoms with Crippen LogP contribution in [0.3, 0.4) is 0 Å². The van der Waals surface area contributed by atoms with E-state index in [1.807, 2.05) is 42.5 Å². The number of nitrogens with one attached hydrogen (secondary N) is 1. The van der Waals surface area contributed by atoms with E-state index in [4.69, 9.17) is 9.47 Å². The molecule has 1 N–H and O–H groups in total. The summed E-state index contributed by atoms with van der Waals surface area (Å²) in [6.07, 6.45) is 0. The van der Waals surface area contributed by atoms with Gasteiger partial charge in [0.15, 0.2) is 6.61 Å². The van der Waals surface area contributed by atoms with Crippen LogP contribution in [0.5, 0.6) is 17.2 Å². The number of para-hydroxylation sites is 3. The lowest BCUT2D eigenvalue weighted by Gasteiger charge is -2.29. The SMILES string of the molecule is O=C1CN(C(=O)COc2ccc(Oc3ccccc3)cc2)c2ccccc2N1. The Morgan fingerprint density at radius 2 is 1.50 bits per heavy atom. The van der Waals surface area contributed by atoms with Crippen LogP contribution in [0.2, 0.25) is 0 Å². The van der Waals surface area contributed by atoms with Gasteiger partial charge in [0.2, 0.25) is 5.91 Å². The van der Waals surface area contributed by atoms with Gasteiger partial charge in [0.25, 0.3) is 5.91 Å². The number of hydrogen-bond donors (Lipinski definition) is 1. The number of benzene rings is 3. The number of ether oxygens (including phenoxy) is 2. The topological polar surface area (TPSA) is 67.9 Å². The summed E-state index contributed by atoms with van der Waals surface area (Å²) < 4.78 is 11.3. The van der Waals surface area contributed by atoms with Gasteiger partial charge in [-0.2, -0.15) is 0 Å². The van der Waals surface area contributed by atoms with Gasteiger partial charge in [-0.25, -0.2) is 0 Å². The molecule has 0 unspecified atom stereocenters. The molecular weight excluding hydrogens is 356 g/mol. The Bertz CT molecular complexity index is 987. The average Bonchev–Trinajstić information content (AvgIpc) is 2.73. The van der Waals surface area contributed by atoms with Gasteiger partial charge in [0.1, 0.15) is 23.8 Å². The first kappa shape index (κ1) is 17.6. The van der Waals surface area contributed by atoms with Crippen molar-refractivity contribution in [2.45, 2.75) is 0 Å². The Kier molecular flexibility index (Phi) is 4.93. The highest BCUT2D eigenvalue weighted by molar-refractivity contribution is 6.10. The quantitative estimate of drug-likeness (QED) is 0.737. The fraction of sp³-hybridized carbons (Fsp3) is 0.0909. The third-order valence-electron chi connectivity index (χ3n) is 4.24. The van der Waals surface area contributed by atoms with Crippen molar-refractivity contribution in [3.05, 3.63) is 78.9 Å². The minimum absolute atomic E-state index is 0.0247. The molecule has 4 rings (SSSR count). The van der Waals surface area contributed by atoms with Crippen molar-refractivity contribution in [1.29, 1.82) is 0 Å². The lowest BCUT2D eigenvalue weighted by molar-refractivity contribution is -0.123. The van der Waals surface area contributed by atoms with E-state index in [9.17, 15) is 9.59 Å². The third-order valence-corrected chi connectivity index (χ3v) is 4.24. The molecule has 0 aliphatic carbocycles. The monoisotopic (exact) mass is 374 g/mol. The smallest absolute Gasteiger partial charge is 0.265 e. The van der Waals surface area contributed by atoms with Crippen molar-refractivity contribution in [3.8, 4) is 17.2 Å². The molecule has 0 spiro atoms. The van der Waals surface area contributed by atoms with Crippen molar-refractivity contribution in [2.24, 2.45) is 0 Å². The van der Waals surface area contributed by atoms with Gasteiger partial charge >= 0.3 is 0 Å². The van der Waals surface area contributed by atoms with Crippen LogP contribution < -0.4 is 19.7 Å². The first-order chi connectivity index (χ1) is 13.7. The zero-order valence-corrected chi connectivity index (χ0v) is 15.0. The fourth-order valence-corrected chi connectivity index (χ4v) is 2.91. The zero-order chi connectivity index (χ0) is 19.3. The molecule has 3 aromatic carbocycles. The number of carbonyl (C=O) groups excluding carboxylic acids is 2. The summed E-state index contributed by atoms with van der Waals surface area (Å²) in [5.41, 5.74) is 1.29. The predicted molar refractivity (Wildman–Crippen MR) is 106 cm³/mol. The Morgan fingerprint density at radius 3 is 2.29 bits per heavy atom. The molecule has 1 aliphatic rings. The Balaban J connectivity index is 1.38. The standard InChI is InChI=1S/C22H18N2O4/c25-21-14-24(20-9-5-4-8-19(20)23-21)22(26)15-27-16-10-12-18(13-11-16)28-17-6-2-1-3-7-17/h1-13H,14-15H2,(H,23,25). The van der Waals surface area contributed by atoms with Crippen LogP contribution in [0.1, 0.15) is 0 Å². The van der Waals surface area contributed by atoms with Gasteiger partial charge in [0, 0.05) is 0 Å². The molecule has 0 aromatic heterocycles. The van der Waals surface area contributed by atoms with Crippen LogP contribution in [0.4, 0.5) is 11.4 Å². The number of fused-ring (bicyclic) bond motifs is 1. The second kappa shape index (κ2) is 7.84. The first-order valence-electron chi connectivity index (χ1n) is 8.84. The van der Waals surface area contributed by atoms with Crippen molar-refractivity contribution >= 4 is 23.2 Å². The van der Waals surface area contributed by atoms with Gasteiger partial charge in [-0.1, -0.05) is 30.3 Å². The Morgan fingerprint density at radius 1 is 0.857 bits per heavy atom. The predicted octanol–water partition coefficient (Wildman–Crippen LogP) is 3.84.